The van der Waals surface area contributed by atoms with Gasteiger partial charge in [-0.1, -0.05) is 25.9 Å². The predicted octanol–water partition coefficient (Wildman–Crippen LogP) is 3.00. The molecule has 1 unspecified atom stereocenters. The van der Waals surface area contributed by atoms with Crippen LogP contribution in [-0.2, 0) is 0 Å². The van der Waals surface area contributed by atoms with Crippen LogP contribution in [0.3, 0.4) is 0 Å². The molecule has 0 spiro atoms. The summed E-state index contributed by atoms with van der Waals surface area (Å²) in [5, 5.41) is 11.8. The van der Waals surface area contributed by atoms with Gasteiger partial charge in [0.25, 0.3) is 0 Å². The van der Waals surface area contributed by atoms with Crippen molar-refractivity contribution in [3.63, 3.8) is 0 Å². The van der Waals surface area contributed by atoms with Crippen molar-refractivity contribution in [1.82, 2.24) is 15.5 Å². The molecule has 1 atom stereocenters. The van der Waals surface area contributed by atoms with Gasteiger partial charge in [0.2, 0.25) is 5.89 Å². The maximum absolute atomic E-state index is 5.82. The van der Waals surface area contributed by atoms with Crippen molar-refractivity contribution in [2.45, 2.75) is 53.0 Å². The Morgan fingerprint density at radius 1 is 1.25 bits per heavy atom. The summed E-state index contributed by atoms with van der Waals surface area (Å²) in [6.45, 7) is 11.9. The van der Waals surface area contributed by atoms with Gasteiger partial charge in [-0.05, 0) is 44.6 Å². The highest BCUT2D eigenvalue weighted by Crippen LogP contribution is 2.27. The van der Waals surface area contributed by atoms with Crippen LogP contribution in [0.5, 0.6) is 0 Å². The van der Waals surface area contributed by atoms with Gasteiger partial charge in [0.1, 0.15) is 0 Å². The lowest BCUT2D eigenvalue weighted by molar-refractivity contribution is 0.302. The van der Waals surface area contributed by atoms with Crippen LogP contribution in [0.25, 0.3) is 0 Å². The molecule has 1 aromatic heterocycles. The molecule has 114 valence electrons. The number of piperidine rings is 1. The number of rotatable bonds is 6. The van der Waals surface area contributed by atoms with Gasteiger partial charge in [-0.3, -0.25) is 0 Å². The highest BCUT2D eigenvalue weighted by Gasteiger charge is 2.25. The van der Waals surface area contributed by atoms with Crippen LogP contribution in [-0.4, -0.2) is 29.8 Å². The molecule has 0 aromatic carbocycles. The van der Waals surface area contributed by atoms with Crippen molar-refractivity contribution < 1.29 is 4.42 Å². The zero-order valence-electron chi connectivity index (χ0n) is 13.2. The zero-order chi connectivity index (χ0) is 14.5. The van der Waals surface area contributed by atoms with E-state index in [0.29, 0.717) is 11.9 Å². The molecule has 0 aliphatic carbocycles. The second-order valence-corrected chi connectivity index (χ2v) is 6.17. The standard InChI is InChI=1S/C15H28N4O/c1-5-8-16-12(4)14-17-18-15(20-14)19-9-6-13(7-10-19)11(2)3/h11-13,16H,5-10H2,1-4H3. The molecule has 1 aliphatic rings. The number of nitrogens with one attached hydrogen (secondary N) is 1. The van der Waals surface area contributed by atoms with Gasteiger partial charge in [0.05, 0.1) is 6.04 Å². The number of aromatic nitrogens is 2. The van der Waals surface area contributed by atoms with Crippen LogP contribution >= 0.6 is 0 Å². The van der Waals surface area contributed by atoms with E-state index < -0.39 is 0 Å². The van der Waals surface area contributed by atoms with Gasteiger partial charge >= 0.3 is 6.01 Å². The minimum Gasteiger partial charge on any atom is -0.406 e. The van der Waals surface area contributed by atoms with Crippen molar-refractivity contribution >= 4 is 6.01 Å². The molecular weight excluding hydrogens is 252 g/mol. The Bertz CT molecular complexity index is 396. The van der Waals surface area contributed by atoms with Crippen LogP contribution < -0.4 is 10.2 Å². The third-order valence-corrected chi connectivity index (χ3v) is 4.25. The van der Waals surface area contributed by atoms with Gasteiger partial charge in [0, 0.05) is 13.1 Å². The summed E-state index contributed by atoms with van der Waals surface area (Å²) in [6, 6.07) is 0.816. The number of hydrogen-bond donors (Lipinski definition) is 1. The van der Waals surface area contributed by atoms with Crippen LogP contribution in [0.4, 0.5) is 6.01 Å². The molecule has 1 fully saturated rings. The molecule has 20 heavy (non-hydrogen) atoms. The molecule has 5 heteroatoms. The molecule has 1 saturated heterocycles. The van der Waals surface area contributed by atoms with Gasteiger partial charge in [-0.15, -0.1) is 5.10 Å². The Hall–Kier alpha value is -1.10. The Kier molecular flexibility index (Phi) is 5.40. The average molecular weight is 280 g/mol. The van der Waals surface area contributed by atoms with Gasteiger partial charge in [0.15, 0.2) is 0 Å². The van der Waals surface area contributed by atoms with Crippen molar-refractivity contribution in [1.29, 1.82) is 0 Å². The summed E-state index contributed by atoms with van der Waals surface area (Å²) < 4.78 is 5.82. The summed E-state index contributed by atoms with van der Waals surface area (Å²) in [5.41, 5.74) is 0. The van der Waals surface area contributed by atoms with Crippen LogP contribution in [0.1, 0.15) is 58.9 Å². The lowest BCUT2D eigenvalue weighted by atomic mass is 9.87. The van der Waals surface area contributed by atoms with Gasteiger partial charge in [-0.25, -0.2) is 0 Å². The first-order valence-electron chi connectivity index (χ1n) is 7.93. The second-order valence-electron chi connectivity index (χ2n) is 6.17. The lowest BCUT2D eigenvalue weighted by Gasteiger charge is -2.32. The maximum Gasteiger partial charge on any atom is 0.318 e. The van der Waals surface area contributed by atoms with E-state index in [1.54, 1.807) is 0 Å². The zero-order valence-corrected chi connectivity index (χ0v) is 13.2. The third-order valence-electron chi connectivity index (χ3n) is 4.25. The molecule has 2 rings (SSSR count). The van der Waals surface area contributed by atoms with Crippen LogP contribution in [0, 0.1) is 11.8 Å². The van der Waals surface area contributed by atoms with Crippen LogP contribution in [0.2, 0.25) is 0 Å². The van der Waals surface area contributed by atoms with Gasteiger partial charge in [-0.2, -0.15) is 0 Å². The highest BCUT2D eigenvalue weighted by molar-refractivity contribution is 5.25. The number of nitrogens with zero attached hydrogens (tertiary/aromatic N) is 3. The van der Waals surface area contributed by atoms with E-state index in [1.807, 2.05) is 0 Å². The number of anilines is 1. The maximum atomic E-state index is 5.82. The second kappa shape index (κ2) is 7.07. The topological polar surface area (TPSA) is 54.2 Å². The average Bonchev–Trinajstić information content (AvgIpc) is 2.94. The molecule has 0 radical (unpaired) electrons. The smallest absolute Gasteiger partial charge is 0.318 e. The third kappa shape index (κ3) is 3.72. The Morgan fingerprint density at radius 2 is 1.95 bits per heavy atom. The van der Waals surface area contributed by atoms with E-state index >= 15 is 0 Å². The van der Waals surface area contributed by atoms with E-state index in [0.717, 1.165) is 37.9 Å². The first-order valence-corrected chi connectivity index (χ1v) is 7.93. The van der Waals surface area contributed by atoms with E-state index in [9.17, 15) is 0 Å². The van der Waals surface area contributed by atoms with E-state index in [2.05, 4.69) is 48.1 Å². The Labute approximate surface area is 122 Å². The van der Waals surface area contributed by atoms with Crippen molar-refractivity contribution in [3.05, 3.63) is 5.89 Å². The van der Waals surface area contributed by atoms with Crippen molar-refractivity contribution in [3.8, 4) is 0 Å². The lowest BCUT2D eigenvalue weighted by Crippen LogP contribution is -2.35. The monoisotopic (exact) mass is 280 g/mol. The van der Waals surface area contributed by atoms with Crippen LogP contribution in [0.15, 0.2) is 4.42 Å². The molecule has 0 saturated carbocycles. The number of hydrogen-bond acceptors (Lipinski definition) is 5. The van der Waals surface area contributed by atoms with E-state index in [1.165, 1.54) is 12.8 Å². The largest absolute Gasteiger partial charge is 0.406 e. The Balaban J connectivity index is 1.89. The SMILES string of the molecule is CCCNC(C)c1nnc(N2CCC(C(C)C)CC2)o1. The summed E-state index contributed by atoms with van der Waals surface area (Å²) in [4.78, 5) is 2.22. The molecule has 2 heterocycles. The normalized spacial score (nSPS) is 18.8. The summed E-state index contributed by atoms with van der Waals surface area (Å²) in [7, 11) is 0. The molecule has 1 aromatic rings. The fourth-order valence-electron chi connectivity index (χ4n) is 2.73. The molecular formula is C15H28N4O. The molecule has 5 nitrogen and oxygen atoms in total. The molecule has 1 aliphatic heterocycles. The van der Waals surface area contributed by atoms with Crippen molar-refractivity contribution in [2.75, 3.05) is 24.5 Å². The van der Waals surface area contributed by atoms with E-state index in [4.69, 9.17) is 4.42 Å². The first-order chi connectivity index (χ1) is 9.61. The van der Waals surface area contributed by atoms with Gasteiger partial charge < -0.3 is 14.6 Å². The fourth-order valence-corrected chi connectivity index (χ4v) is 2.73. The summed E-state index contributed by atoms with van der Waals surface area (Å²) in [5.74, 6) is 2.30. The fraction of sp³-hybridized carbons (Fsp3) is 0.867. The van der Waals surface area contributed by atoms with Crippen molar-refractivity contribution in [2.24, 2.45) is 11.8 Å². The summed E-state index contributed by atoms with van der Waals surface area (Å²) >= 11 is 0. The minimum absolute atomic E-state index is 0.129. The predicted molar refractivity (Wildman–Crippen MR) is 80.8 cm³/mol. The highest BCUT2D eigenvalue weighted by atomic mass is 16.4. The van der Waals surface area contributed by atoms with E-state index in [-0.39, 0.29) is 6.04 Å². The molecule has 0 bridgehead atoms. The summed E-state index contributed by atoms with van der Waals surface area (Å²) in [6.07, 6.45) is 3.55. The molecule has 1 N–H and O–H groups in total. The minimum atomic E-state index is 0.129. The quantitative estimate of drug-likeness (QED) is 0.868. The molecule has 0 amide bonds. The Morgan fingerprint density at radius 3 is 2.55 bits per heavy atom. The first kappa shape index (κ1) is 15.3.